The van der Waals surface area contributed by atoms with Crippen LogP contribution in [-0.2, 0) is 24.8 Å². The minimum atomic E-state index is -0.677. The second-order valence-corrected chi connectivity index (χ2v) is 5.00. The summed E-state index contributed by atoms with van der Waals surface area (Å²) in [6.07, 6.45) is 2.30. The minimum absolute atomic E-state index is 0.246. The number of amides is 1. The molecule has 0 fully saturated rings. The van der Waals surface area contributed by atoms with Crippen LogP contribution >= 0.6 is 0 Å². The molecule has 0 spiro atoms. The number of nitriles is 1. The number of nitrogens with zero attached hydrogens (tertiary/aromatic N) is 3. The highest BCUT2D eigenvalue weighted by atomic mass is 16.1. The van der Waals surface area contributed by atoms with Crippen LogP contribution in [0, 0.1) is 24.2 Å². The smallest absolute Gasteiger partial charge is 0.237 e. The van der Waals surface area contributed by atoms with E-state index in [2.05, 4.69) is 16.5 Å². The van der Waals surface area contributed by atoms with Gasteiger partial charge >= 0.3 is 0 Å². The minimum Gasteiger partial charge on any atom is -0.351 e. The van der Waals surface area contributed by atoms with E-state index < -0.39 is 5.92 Å². The molecule has 0 radical (unpaired) electrons. The van der Waals surface area contributed by atoms with Crippen molar-refractivity contribution in [3.05, 3.63) is 53.3 Å². The monoisotopic (exact) mass is 282 g/mol. The van der Waals surface area contributed by atoms with Gasteiger partial charge in [-0.25, -0.2) is 0 Å². The highest BCUT2D eigenvalue weighted by molar-refractivity contribution is 5.81. The molecule has 1 aromatic carbocycles. The average Bonchev–Trinajstić information content (AvgIpc) is 2.81. The van der Waals surface area contributed by atoms with Gasteiger partial charge in [-0.05, 0) is 18.9 Å². The Balaban J connectivity index is 1.95. The van der Waals surface area contributed by atoms with Crippen LogP contribution in [0.3, 0.4) is 0 Å². The summed E-state index contributed by atoms with van der Waals surface area (Å²) in [5, 5.41) is 16.2. The number of carbonyl (C=O) groups excluding carboxylic acids is 1. The van der Waals surface area contributed by atoms with Crippen LogP contribution < -0.4 is 5.32 Å². The first-order chi connectivity index (χ1) is 10.1. The van der Waals surface area contributed by atoms with Gasteiger partial charge in [-0.1, -0.05) is 30.3 Å². The molecule has 0 saturated heterocycles. The molecule has 21 heavy (non-hydrogen) atoms. The SMILES string of the molecule is Cc1nn(C)cc1CNC(=O)C(C#N)Cc1ccccc1. The molecule has 1 amide bonds. The predicted molar refractivity (Wildman–Crippen MR) is 79.0 cm³/mol. The lowest BCUT2D eigenvalue weighted by Gasteiger charge is -2.10. The van der Waals surface area contributed by atoms with Crippen molar-refractivity contribution >= 4 is 5.91 Å². The Kier molecular flexibility index (Phi) is 4.72. The van der Waals surface area contributed by atoms with Gasteiger partial charge in [-0.15, -0.1) is 0 Å². The van der Waals surface area contributed by atoms with Crippen molar-refractivity contribution in [1.82, 2.24) is 15.1 Å². The molecule has 0 aliphatic heterocycles. The lowest BCUT2D eigenvalue weighted by Crippen LogP contribution is -2.30. The molecule has 1 N–H and O–H groups in total. The van der Waals surface area contributed by atoms with Crippen LogP contribution in [0.25, 0.3) is 0 Å². The molecule has 5 heteroatoms. The van der Waals surface area contributed by atoms with E-state index in [1.54, 1.807) is 4.68 Å². The van der Waals surface area contributed by atoms with Gasteiger partial charge in [-0.3, -0.25) is 9.48 Å². The lowest BCUT2D eigenvalue weighted by molar-refractivity contribution is -0.123. The van der Waals surface area contributed by atoms with Gasteiger partial charge in [-0.2, -0.15) is 10.4 Å². The summed E-state index contributed by atoms with van der Waals surface area (Å²) in [6, 6.07) is 11.6. The number of hydrogen-bond donors (Lipinski definition) is 1. The molecule has 0 bridgehead atoms. The van der Waals surface area contributed by atoms with E-state index in [4.69, 9.17) is 0 Å². The van der Waals surface area contributed by atoms with Gasteiger partial charge in [0.15, 0.2) is 0 Å². The fourth-order valence-electron chi connectivity index (χ4n) is 2.17. The number of hydrogen-bond acceptors (Lipinski definition) is 3. The summed E-state index contributed by atoms with van der Waals surface area (Å²) >= 11 is 0. The van der Waals surface area contributed by atoms with Gasteiger partial charge in [0, 0.05) is 25.4 Å². The van der Waals surface area contributed by atoms with E-state index in [0.717, 1.165) is 16.8 Å². The molecule has 0 aliphatic carbocycles. The normalized spacial score (nSPS) is 11.7. The maximum Gasteiger partial charge on any atom is 0.237 e. The molecule has 5 nitrogen and oxygen atoms in total. The zero-order chi connectivity index (χ0) is 15.2. The molecular weight excluding hydrogens is 264 g/mol. The van der Waals surface area contributed by atoms with Crippen molar-refractivity contribution < 1.29 is 4.79 Å². The molecular formula is C16H18N4O. The van der Waals surface area contributed by atoms with Crippen molar-refractivity contribution in [1.29, 1.82) is 5.26 Å². The lowest BCUT2D eigenvalue weighted by atomic mass is 10.00. The fraction of sp³-hybridized carbons (Fsp3) is 0.312. The molecule has 2 rings (SSSR count). The van der Waals surface area contributed by atoms with Crippen molar-refractivity contribution in [3.63, 3.8) is 0 Å². The van der Waals surface area contributed by atoms with E-state index in [-0.39, 0.29) is 5.91 Å². The van der Waals surface area contributed by atoms with Crippen LogP contribution in [0.1, 0.15) is 16.8 Å². The Morgan fingerprint density at radius 1 is 1.43 bits per heavy atom. The van der Waals surface area contributed by atoms with Crippen LogP contribution in [-0.4, -0.2) is 15.7 Å². The first-order valence-electron chi connectivity index (χ1n) is 6.80. The zero-order valence-corrected chi connectivity index (χ0v) is 12.2. The van der Waals surface area contributed by atoms with E-state index >= 15 is 0 Å². The molecule has 108 valence electrons. The third-order valence-electron chi connectivity index (χ3n) is 3.32. The second-order valence-electron chi connectivity index (χ2n) is 5.00. The quantitative estimate of drug-likeness (QED) is 0.907. The van der Waals surface area contributed by atoms with E-state index in [9.17, 15) is 10.1 Å². The molecule has 0 saturated carbocycles. The molecule has 1 atom stereocenters. The van der Waals surface area contributed by atoms with E-state index in [1.165, 1.54) is 0 Å². The largest absolute Gasteiger partial charge is 0.351 e. The first kappa shape index (κ1) is 14.8. The number of nitrogens with one attached hydrogen (secondary N) is 1. The summed E-state index contributed by atoms with van der Waals surface area (Å²) in [5.74, 6) is -0.922. The number of aryl methyl sites for hydroxylation is 2. The number of aromatic nitrogens is 2. The standard InChI is InChI=1S/C16H18N4O/c1-12-15(11-20(2)19-12)10-18-16(21)14(9-17)8-13-6-4-3-5-7-13/h3-7,11,14H,8,10H2,1-2H3,(H,18,21). The van der Waals surface area contributed by atoms with Gasteiger partial charge < -0.3 is 5.32 Å². The third kappa shape index (κ3) is 3.93. The number of benzene rings is 1. The Labute approximate surface area is 124 Å². The van der Waals surface area contributed by atoms with Gasteiger partial charge in [0.1, 0.15) is 5.92 Å². The van der Waals surface area contributed by atoms with Gasteiger partial charge in [0.25, 0.3) is 0 Å². The van der Waals surface area contributed by atoms with Gasteiger partial charge in [0.05, 0.1) is 11.8 Å². The summed E-state index contributed by atoms with van der Waals surface area (Å²) in [6.45, 7) is 2.29. The maximum atomic E-state index is 12.1. The molecule has 1 unspecified atom stereocenters. The van der Waals surface area contributed by atoms with Crippen molar-refractivity contribution in [2.24, 2.45) is 13.0 Å². The number of rotatable bonds is 5. The van der Waals surface area contributed by atoms with Crippen LogP contribution in [0.15, 0.2) is 36.5 Å². The van der Waals surface area contributed by atoms with Crippen LogP contribution in [0.5, 0.6) is 0 Å². The number of carbonyl (C=O) groups is 1. The Morgan fingerprint density at radius 3 is 2.71 bits per heavy atom. The molecule has 1 aromatic heterocycles. The van der Waals surface area contributed by atoms with Crippen molar-refractivity contribution in [2.45, 2.75) is 19.9 Å². The molecule has 0 aliphatic rings. The van der Waals surface area contributed by atoms with Crippen molar-refractivity contribution in [2.75, 3.05) is 0 Å². The van der Waals surface area contributed by atoms with Crippen LogP contribution in [0.2, 0.25) is 0 Å². The molecule has 1 heterocycles. The zero-order valence-electron chi connectivity index (χ0n) is 12.2. The molecule has 2 aromatic rings. The highest BCUT2D eigenvalue weighted by Gasteiger charge is 2.18. The second kappa shape index (κ2) is 6.71. The third-order valence-corrected chi connectivity index (χ3v) is 3.32. The average molecular weight is 282 g/mol. The summed E-state index contributed by atoms with van der Waals surface area (Å²) in [7, 11) is 1.84. The maximum absolute atomic E-state index is 12.1. The fourth-order valence-corrected chi connectivity index (χ4v) is 2.17. The van der Waals surface area contributed by atoms with E-state index in [1.807, 2.05) is 50.5 Å². The Morgan fingerprint density at radius 2 is 2.14 bits per heavy atom. The Bertz CT molecular complexity index is 655. The first-order valence-corrected chi connectivity index (χ1v) is 6.80. The van der Waals surface area contributed by atoms with Crippen LogP contribution in [0.4, 0.5) is 0 Å². The summed E-state index contributed by atoms with van der Waals surface area (Å²) in [4.78, 5) is 12.1. The highest BCUT2D eigenvalue weighted by Crippen LogP contribution is 2.09. The van der Waals surface area contributed by atoms with E-state index in [0.29, 0.717) is 13.0 Å². The Hall–Kier alpha value is -2.61. The summed E-state index contributed by atoms with van der Waals surface area (Å²) < 4.78 is 1.71. The summed E-state index contributed by atoms with van der Waals surface area (Å²) in [5.41, 5.74) is 2.83. The van der Waals surface area contributed by atoms with Gasteiger partial charge in [0.2, 0.25) is 5.91 Å². The topological polar surface area (TPSA) is 70.7 Å². The van der Waals surface area contributed by atoms with Crippen molar-refractivity contribution in [3.8, 4) is 6.07 Å². The predicted octanol–water partition coefficient (Wildman–Crippen LogP) is 1.73.